The van der Waals surface area contributed by atoms with Gasteiger partial charge in [0.1, 0.15) is 0 Å². The zero-order chi connectivity index (χ0) is 5.11. The van der Waals surface area contributed by atoms with Gasteiger partial charge in [-0.05, 0) is 21.1 Å². The van der Waals surface area contributed by atoms with Gasteiger partial charge in [0.2, 0.25) is 0 Å². The molecule has 0 saturated heterocycles. The smallest absolute Gasteiger partial charge is 0.0672 e. The van der Waals surface area contributed by atoms with Gasteiger partial charge in [0.25, 0.3) is 0 Å². The predicted octanol–water partition coefficient (Wildman–Crippen LogP) is 0.634. The molecule has 0 saturated carbocycles. The molecule has 0 fully saturated rings. The molecular weight excluding hydrogens is 158 g/mol. The first kappa shape index (κ1) is 4.64. The summed E-state index contributed by atoms with van der Waals surface area (Å²) in [6, 6.07) is 0. The normalized spacial score (nSPS) is 8.71. The van der Waals surface area contributed by atoms with Gasteiger partial charge in [-0.1, -0.05) is 0 Å². The second kappa shape index (κ2) is 1.97. The van der Waals surface area contributed by atoms with Crippen molar-refractivity contribution in [2.45, 2.75) is 0 Å². The van der Waals surface area contributed by atoms with E-state index in [1.165, 1.54) is 0 Å². The van der Waals surface area contributed by atoms with Crippen LogP contribution in [0.2, 0.25) is 0 Å². The van der Waals surface area contributed by atoms with Crippen molar-refractivity contribution < 1.29 is 0 Å². The van der Waals surface area contributed by atoms with Crippen molar-refractivity contribution in [1.29, 1.82) is 0 Å². The number of aromatic nitrogens is 3. The molecule has 0 atom stereocenters. The number of rotatable bonds is 0. The van der Waals surface area contributed by atoms with Crippen molar-refractivity contribution in [2.75, 3.05) is 0 Å². The summed E-state index contributed by atoms with van der Waals surface area (Å²) in [6.45, 7) is 0. The van der Waals surface area contributed by atoms with Gasteiger partial charge in [0.15, 0.2) is 0 Å². The fraction of sp³-hybridized carbons (Fsp3) is 0. The highest BCUT2D eigenvalue weighted by Gasteiger charge is 1.78. The summed E-state index contributed by atoms with van der Waals surface area (Å²) in [5, 5.41) is 10.3. The molecule has 0 aromatic carbocycles. The van der Waals surface area contributed by atoms with E-state index in [2.05, 4.69) is 31.3 Å². The van der Waals surface area contributed by atoms with Gasteiger partial charge in [-0.15, -0.1) is 10.2 Å². The lowest BCUT2D eigenvalue weighted by Crippen LogP contribution is -1.80. The molecule has 0 radical (unpaired) electrons. The highest BCUT2D eigenvalue weighted by atomic mass is 79.9. The zero-order valence-electron chi connectivity index (χ0n) is 3.37. The first-order chi connectivity index (χ1) is 3.39. The third-order valence-electron chi connectivity index (χ3n) is 0.465. The molecule has 0 aliphatic rings. The van der Waals surface area contributed by atoms with E-state index in [0.717, 1.165) is 4.47 Å². The molecule has 0 aliphatic carbocycles. The van der Waals surface area contributed by atoms with Crippen LogP contribution in [0.4, 0.5) is 0 Å². The van der Waals surface area contributed by atoms with E-state index < -0.39 is 0 Å². The second-order valence-corrected chi connectivity index (χ2v) is 1.88. The maximum absolute atomic E-state index is 3.48. The van der Waals surface area contributed by atoms with E-state index in [0.29, 0.717) is 0 Å². The third-order valence-corrected chi connectivity index (χ3v) is 0.875. The lowest BCUT2D eigenvalue weighted by molar-refractivity contribution is 0.858. The molecule has 0 aliphatic heterocycles. The SMILES string of the molecule is Brc1cnnnc1. The summed E-state index contributed by atoms with van der Waals surface area (Å²) < 4.78 is 0.850. The highest BCUT2D eigenvalue weighted by Crippen LogP contribution is 1.99. The Kier molecular flexibility index (Phi) is 1.31. The molecule has 36 valence electrons. The average molecular weight is 160 g/mol. The Morgan fingerprint density at radius 2 is 1.86 bits per heavy atom. The van der Waals surface area contributed by atoms with Crippen LogP contribution in [0.3, 0.4) is 0 Å². The van der Waals surface area contributed by atoms with Gasteiger partial charge < -0.3 is 0 Å². The van der Waals surface area contributed by atoms with Crippen LogP contribution in [-0.2, 0) is 0 Å². The maximum atomic E-state index is 3.48. The molecule has 1 heterocycles. The summed E-state index contributed by atoms with van der Waals surface area (Å²) in [6.07, 6.45) is 3.15. The van der Waals surface area contributed by atoms with Crippen molar-refractivity contribution in [1.82, 2.24) is 15.4 Å². The van der Waals surface area contributed by atoms with E-state index in [1.807, 2.05) is 0 Å². The summed E-state index contributed by atoms with van der Waals surface area (Å²) in [7, 11) is 0. The average Bonchev–Trinajstić information content (AvgIpc) is 1.69. The minimum Gasteiger partial charge on any atom is -0.138 e. The molecular formula is C3H2BrN3. The Morgan fingerprint density at radius 3 is 2.14 bits per heavy atom. The van der Waals surface area contributed by atoms with E-state index in [1.54, 1.807) is 12.4 Å². The van der Waals surface area contributed by atoms with Crippen molar-refractivity contribution in [3.05, 3.63) is 16.9 Å². The minimum atomic E-state index is 0.850. The van der Waals surface area contributed by atoms with Crippen LogP contribution in [0.5, 0.6) is 0 Å². The number of hydrogen-bond donors (Lipinski definition) is 0. The van der Waals surface area contributed by atoms with E-state index >= 15 is 0 Å². The van der Waals surface area contributed by atoms with Crippen LogP contribution in [0.15, 0.2) is 16.9 Å². The predicted molar refractivity (Wildman–Crippen MR) is 27.5 cm³/mol. The molecule has 1 aromatic rings. The van der Waals surface area contributed by atoms with Crippen LogP contribution in [0, 0.1) is 0 Å². The maximum Gasteiger partial charge on any atom is 0.0672 e. The molecule has 0 spiro atoms. The van der Waals surface area contributed by atoms with Gasteiger partial charge >= 0.3 is 0 Å². The third kappa shape index (κ3) is 1.19. The Balaban J connectivity index is 3.02. The fourth-order valence-electron chi connectivity index (χ4n) is 0.225. The second-order valence-electron chi connectivity index (χ2n) is 0.963. The van der Waals surface area contributed by atoms with E-state index in [-0.39, 0.29) is 0 Å². The molecule has 3 nitrogen and oxygen atoms in total. The van der Waals surface area contributed by atoms with Crippen molar-refractivity contribution in [2.24, 2.45) is 0 Å². The minimum absolute atomic E-state index is 0.850. The number of hydrogen-bond acceptors (Lipinski definition) is 3. The Bertz CT molecular complexity index is 140. The summed E-state index contributed by atoms with van der Waals surface area (Å²) in [5.74, 6) is 0. The lowest BCUT2D eigenvalue weighted by Gasteiger charge is -1.77. The molecule has 0 amide bonds. The Morgan fingerprint density at radius 1 is 1.29 bits per heavy atom. The molecule has 1 rings (SSSR count). The van der Waals surface area contributed by atoms with Gasteiger partial charge in [0.05, 0.1) is 16.9 Å². The molecule has 0 unspecified atom stereocenters. The topological polar surface area (TPSA) is 38.7 Å². The first-order valence-corrected chi connectivity index (χ1v) is 2.48. The molecule has 0 N–H and O–H groups in total. The largest absolute Gasteiger partial charge is 0.138 e. The standard InChI is InChI=1S/C3H2BrN3/c4-3-1-5-7-6-2-3/h1-2H. The summed E-state index contributed by atoms with van der Waals surface area (Å²) in [5.41, 5.74) is 0. The van der Waals surface area contributed by atoms with Crippen molar-refractivity contribution in [3.8, 4) is 0 Å². The Labute approximate surface area is 48.9 Å². The fourth-order valence-corrected chi connectivity index (χ4v) is 0.408. The molecule has 0 bridgehead atoms. The number of halogens is 1. The quantitative estimate of drug-likeness (QED) is 0.558. The lowest BCUT2D eigenvalue weighted by atomic mass is 10.7. The monoisotopic (exact) mass is 159 g/mol. The van der Waals surface area contributed by atoms with Gasteiger partial charge in [0, 0.05) is 0 Å². The highest BCUT2D eigenvalue weighted by molar-refractivity contribution is 9.10. The zero-order valence-corrected chi connectivity index (χ0v) is 4.96. The van der Waals surface area contributed by atoms with Crippen molar-refractivity contribution in [3.63, 3.8) is 0 Å². The van der Waals surface area contributed by atoms with Crippen LogP contribution in [0.25, 0.3) is 0 Å². The van der Waals surface area contributed by atoms with E-state index in [4.69, 9.17) is 0 Å². The molecule has 4 heteroatoms. The van der Waals surface area contributed by atoms with Crippen LogP contribution in [-0.4, -0.2) is 15.4 Å². The van der Waals surface area contributed by atoms with Crippen LogP contribution < -0.4 is 0 Å². The summed E-state index contributed by atoms with van der Waals surface area (Å²) in [4.78, 5) is 0. The van der Waals surface area contributed by atoms with Gasteiger partial charge in [-0.25, -0.2) is 0 Å². The van der Waals surface area contributed by atoms with Crippen LogP contribution >= 0.6 is 15.9 Å². The van der Waals surface area contributed by atoms with Gasteiger partial charge in [-0.2, -0.15) is 0 Å². The molecule has 1 aromatic heterocycles. The first-order valence-electron chi connectivity index (χ1n) is 1.68. The van der Waals surface area contributed by atoms with Crippen LogP contribution in [0.1, 0.15) is 0 Å². The van der Waals surface area contributed by atoms with Gasteiger partial charge in [-0.3, -0.25) is 0 Å². The van der Waals surface area contributed by atoms with Crippen molar-refractivity contribution >= 4 is 15.9 Å². The molecule has 7 heavy (non-hydrogen) atoms. The Hall–Kier alpha value is -0.510. The summed E-state index contributed by atoms with van der Waals surface area (Å²) >= 11 is 3.15. The van der Waals surface area contributed by atoms with E-state index in [9.17, 15) is 0 Å². The number of nitrogens with zero attached hydrogens (tertiary/aromatic N) is 3.